The van der Waals surface area contributed by atoms with Gasteiger partial charge in [0.2, 0.25) is 0 Å². The van der Waals surface area contributed by atoms with Crippen LogP contribution in [0.1, 0.15) is 24.8 Å². The number of likely N-dealkylation sites (tertiary alicyclic amines) is 1. The van der Waals surface area contributed by atoms with Crippen LogP contribution in [0.15, 0.2) is 18.2 Å². The lowest BCUT2D eigenvalue weighted by atomic mass is 10.1. The lowest BCUT2D eigenvalue weighted by Crippen LogP contribution is -2.34. The van der Waals surface area contributed by atoms with E-state index < -0.39 is 36.1 Å². The number of halogens is 3. The second-order valence-corrected chi connectivity index (χ2v) is 10.4. The third kappa shape index (κ3) is 5.75. The Balaban J connectivity index is 1.07. The smallest absolute Gasteiger partial charge is 0.296 e. The van der Waals surface area contributed by atoms with Crippen molar-refractivity contribution in [3.05, 3.63) is 40.4 Å². The molecule has 39 heavy (non-hydrogen) atoms. The number of aromatic amines is 1. The number of nitrogens with one attached hydrogen (secondary N) is 2. The van der Waals surface area contributed by atoms with Crippen molar-refractivity contribution < 1.29 is 32.8 Å². The molecule has 0 saturated carbocycles. The minimum atomic E-state index is -0.721. The number of hydrogen-bond acceptors (Lipinski definition) is 9. The molecule has 13 heteroatoms. The van der Waals surface area contributed by atoms with Gasteiger partial charge < -0.3 is 39.3 Å². The van der Waals surface area contributed by atoms with Crippen molar-refractivity contribution in [1.82, 2.24) is 19.9 Å². The summed E-state index contributed by atoms with van der Waals surface area (Å²) >= 11 is 6.37. The number of pyridine rings is 1. The number of fused-ring (bicyclic) bond motifs is 2. The van der Waals surface area contributed by atoms with Gasteiger partial charge >= 0.3 is 0 Å². The van der Waals surface area contributed by atoms with Crippen molar-refractivity contribution in [2.24, 2.45) is 0 Å². The lowest BCUT2D eigenvalue weighted by molar-refractivity contribution is 0.00706. The second kappa shape index (κ2) is 11.4. The van der Waals surface area contributed by atoms with Crippen LogP contribution in [0.4, 0.5) is 14.6 Å². The van der Waals surface area contributed by atoms with Crippen molar-refractivity contribution >= 4 is 28.6 Å². The zero-order chi connectivity index (χ0) is 26.9. The van der Waals surface area contributed by atoms with Crippen LogP contribution in [0.2, 0.25) is 5.02 Å². The van der Waals surface area contributed by atoms with Crippen molar-refractivity contribution in [2.45, 2.75) is 50.2 Å². The predicted octanol–water partition coefficient (Wildman–Crippen LogP) is 3.27. The van der Waals surface area contributed by atoms with Crippen molar-refractivity contribution in [3.63, 3.8) is 0 Å². The topological polar surface area (TPSA) is 114 Å². The molecule has 0 aliphatic carbocycles. The van der Waals surface area contributed by atoms with Gasteiger partial charge in [0.05, 0.1) is 30.4 Å². The Bertz CT molecular complexity index is 1300. The summed E-state index contributed by atoms with van der Waals surface area (Å²) in [5, 5.41) is 13.0. The number of hydrogen-bond donors (Lipinski definition) is 3. The average molecular weight is 566 g/mol. The first-order chi connectivity index (χ1) is 18.9. The van der Waals surface area contributed by atoms with Gasteiger partial charge in [-0.2, -0.15) is 4.98 Å². The van der Waals surface area contributed by atoms with E-state index in [1.807, 2.05) is 0 Å². The number of H-pyrrole nitrogens is 1. The van der Waals surface area contributed by atoms with E-state index >= 15 is 0 Å². The molecular formula is C26H30ClF2N5O5. The summed E-state index contributed by atoms with van der Waals surface area (Å²) in [6, 6.07) is 4.17. The van der Waals surface area contributed by atoms with Crippen LogP contribution in [-0.4, -0.2) is 88.8 Å². The molecule has 4 atom stereocenters. The summed E-state index contributed by atoms with van der Waals surface area (Å²) < 4.78 is 52.1. The van der Waals surface area contributed by atoms with E-state index in [0.29, 0.717) is 17.8 Å². The fourth-order valence-corrected chi connectivity index (χ4v) is 5.47. The number of rotatable bonds is 10. The molecule has 3 aromatic rings. The minimum Gasteiger partial charge on any atom is -0.493 e. The number of anilines is 1. The fourth-order valence-electron chi connectivity index (χ4n) is 5.25. The van der Waals surface area contributed by atoms with Crippen LogP contribution >= 0.6 is 11.6 Å². The highest BCUT2D eigenvalue weighted by Crippen LogP contribution is 2.31. The van der Waals surface area contributed by atoms with Crippen molar-refractivity contribution in [2.75, 3.05) is 44.8 Å². The Morgan fingerprint density at radius 3 is 2.67 bits per heavy atom. The van der Waals surface area contributed by atoms with Gasteiger partial charge in [-0.15, -0.1) is 0 Å². The molecule has 210 valence electrons. The van der Waals surface area contributed by atoms with Gasteiger partial charge in [0.15, 0.2) is 11.8 Å². The van der Waals surface area contributed by atoms with Crippen LogP contribution in [0, 0.1) is 11.6 Å². The first kappa shape index (κ1) is 26.5. The second-order valence-electron chi connectivity index (χ2n) is 10.0. The van der Waals surface area contributed by atoms with Gasteiger partial charge in [-0.05, 0) is 38.4 Å². The average Bonchev–Trinajstić information content (AvgIpc) is 3.69. The zero-order valence-corrected chi connectivity index (χ0v) is 21.9. The van der Waals surface area contributed by atoms with Crippen molar-refractivity contribution in [3.8, 4) is 11.8 Å². The molecule has 3 fully saturated rings. The first-order valence-electron chi connectivity index (χ1n) is 13.2. The highest BCUT2D eigenvalue weighted by Gasteiger charge is 2.48. The number of benzene rings is 1. The summed E-state index contributed by atoms with van der Waals surface area (Å²) in [5.41, 5.74) is 0.670. The Morgan fingerprint density at radius 1 is 1.10 bits per heavy atom. The molecular weight excluding hydrogens is 536 g/mol. The number of aliphatic hydroxyl groups excluding tert-OH is 1. The first-order valence-corrected chi connectivity index (χ1v) is 13.5. The highest BCUT2D eigenvalue weighted by molar-refractivity contribution is 6.33. The van der Waals surface area contributed by atoms with Gasteiger partial charge in [-0.25, -0.2) is 13.8 Å². The third-order valence-electron chi connectivity index (χ3n) is 7.28. The van der Waals surface area contributed by atoms with Crippen LogP contribution in [0.25, 0.3) is 11.2 Å². The van der Waals surface area contributed by atoms with Gasteiger partial charge in [-0.3, -0.25) is 0 Å². The normalized spacial score (nSPS) is 24.9. The Hall–Kier alpha value is -2.77. The molecule has 10 nitrogen and oxygen atoms in total. The summed E-state index contributed by atoms with van der Waals surface area (Å²) in [7, 11) is 0. The molecule has 2 unspecified atom stereocenters. The van der Waals surface area contributed by atoms with Crippen LogP contribution in [-0.2, 0) is 16.0 Å². The summed E-state index contributed by atoms with van der Waals surface area (Å²) in [5.74, 6) is -1.06. The summed E-state index contributed by atoms with van der Waals surface area (Å²) in [6.07, 6.45) is 1.30. The molecule has 3 aliphatic heterocycles. The zero-order valence-electron chi connectivity index (χ0n) is 21.2. The quantitative estimate of drug-likeness (QED) is 0.319. The number of nitrogens with zero attached hydrogens (tertiary/aromatic N) is 3. The standard InChI is InChI=1S/C26H30ClF2N5O5/c27-16-10-19-25(33-26(31-19)39-21-13-38-22-20(35)12-37-23(21)22)32-24(16)30-11-15-17(28)8-14(9-18(15)29)36-7-3-6-34-4-1-2-5-34/h8-10,20-23,35H,1-7,11-13H2,(H2,30,31,32,33)/t20-,21-,22?,23?/m1/s1. The Morgan fingerprint density at radius 2 is 1.87 bits per heavy atom. The maximum Gasteiger partial charge on any atom is 0.296 e. The lowest BCUT2D eigenvalue weighted by Gasteiger charge is -2.15. The monoisotopic (exact) mass is 565 g/mol. The number of ether oxygens (including phenoxy) is 4. The summed E-state index contributed by atoms with van der Waals surface area (Å²) in [4.78, 5) is 14.1. The van der Waals surface area contributed by atoms with Gasteiger partial charge in [0.1, 0.15) is 41.5 Å². The van der Waals surface area contributed by atoms with Gasteiger partial charge in [0.25, 0.3) is 6.01 Å². The van der Waals surface area contributed by atoms with E-state index in [4.69, 9.17) is 30.5 Å². The maximum absolute atomic E-state index is 14.7. The van der Waals surface area contributed by atoms with E-state index in [2.05, 4.69) is 25.2 Å². The minimum absolute atomic E-state index is 0.155. The molecule has 6 rings (SSSR count). The molecule has 3 N–H and O–H groups in total. The largest absolute Gasteiger partial charge is 0.493 e. The van der Waals surface area contributed by atoms with E-state index in [0.717, 1.165) is 26.1 Å². The molecule has 5 heterocycles. The molecule has 2 aromatic heterocycles. The van der Waals surface area contributed by atoms with Crippen molar-refractivity contribution in [1.29, 1.82) is 0 Å². The molecule has 0 spiro atoms. The Kier molecular flexibility index (Phi) is 7.72. The van der Waals surface area contributed by atoms with Gasteiger partial charge in [-0.1, -0.05) is 11.6 Å². The molecule has 1 aromatic carbocycles. The number of imidazole rings is 1. The Labute approximate surface area is 228 Å². The SMILES string of the molecule is O[C@@H]1COC2C1OC[C@H]2Oc1nc2nc(NCc3c(F)cc(OCCCN4CCCC4)cc3F)c(Cl)cc2[nH]1. The highest BCUT2D eigenvalue weighted by atomic mass is 35.5. The summed E-state index contributed by atoms with van der Waals surface area (Å²) in [6.45, 7) is 3.78. The molecule has 3 aliphatic rings. The van der Waals surface area contributed by atoms with Gasteiger partial charge in [0, 0.05) is 30.8 Å². The van der Waals surface area contributed by atoms with Crippen LogP contribution in [0.3, 0.4) is 0 Å². The predicted molar refractivity (Wildman–Crippen MR) is 138 cm³/mol. The maximum atomic E-state index is 14.7. The molecule has 0 bridgehead atoms. The molecule has 0 radical (unpaired) electrons. The molecule has 0 amide bonds. The van der Waals surface area contributed by atoms with E-state index in [1.54, 1.807) is 6.07 Å². The van der Waals surface area contributed by atoms with E-state index in [-0.39, 0.29) is 47.9 Å². The molecule has 3 saturated heterocycles. The van der Waals surface area contributed by atoms with Crippen LogP contribution in [0.5, 0.6) is 11.8 Å². The van der Waals surface area contributed by atoms with Crippen LogP contribution < -0.4 is 14.8 Å². The third-order valence-corrected chi connectivity index (χ3v) is 7.57. The fraction of sp³-hybridized carbons (Fsp3) is 0.538. The number of aromatic nitrogens is 3. The van der Waals surface area contributed by atoms with E-state index in [1.165, 1.54) is 25.0 Å². The van der Waals surface area contributed by atoms with E-state index in [9.17, 15) is 13.9 Å². The number of aliphatic hydroxyl groups is 1.